The van der Waals surface area contributed by atoms with Gasteiger partial charge < -0.3 is 4.74 Å². The third-order valence-electron chi connectivity index (χ3n) is 2.47. The van der Waals surface area contributed by atoms with Crippen molar-refractivity contribution in [3.05, 3.63) is 47.8 Å². The summed E-state index contributed by atoms with van der Waals surface area (Å²) in [5.74, 6) is -1.40. The lowest BCUT2D eigenvalue weighted by molar-refractivity contribution is 0.112. The molecule has 0 bridgehead atoms. The van der Waals surface area contributed by atoms with Gasteiger partial charge in [0, 0.05) is 22.9 Å². The maximum atomic E-state index is 13.7. The Morgan fingerprint density at radius 2 is 2.06 bits per heavy atom. The normalized spacial score (nSPS) is 10.2. The van der Waals surface area contributed by atoms with Crippen molar-refractivity contribution in [1.82, 2.24) is 4.98 Å². The number of benzene rings is 1. The van der Waals surface area contributed by atoms with E-state index in [1.54, 1.807) is 0 Å². The van der Waals surface area contributed by atoms with E-state index in [0.717, 1.165) is 6.07 Å². The van der Waals surface area contributed by atoms with Gasteiger partial charge in [0.25, 0.3) is 5.95 Å². The van der Waals surface area contributed by atoms with E-state index in [-0.39, 0.29) is 16.9 Å². The summed E-state index contributed by atoms with van der Waals surface area (Å²) in [5, 5.41) is 0. The summed E-state index contributed by atoms with van der Waals surface area (Å²) in [6.45, 7) is 0. The first-order valence-electron chi connectivity index (χ1n) is 5.10. The van der Waals surface area contributed by atoms with Crippen molar-refractivity contribution in [3.63, 3.8) is 0 Å². The Labute approximate surface area is 102 Å². The number of aromatic nitrogens is 1. The number of methoxy groups -OCH3 is 1. The number of rotatable bonds is 3. The van der Waals surface area contributed by atoms with Crippen LogP contribution in [-0.2, 0) is 0 Å². The lowest BCUT2D eigenvalue weighted by Crippen LogP contribution is -1.94. The second-order valence-electron chi connectivity index (χ2n) is 3.57. The highest BCUT2D eigenvalue weighted by Crippen LogP contribution is 2.27. The van der Waals surface area contributed by atoms with Gasteiger partial charge in [0.1, 0.15) is 12.1 Å². The Kier molecular flexibility index (Phi) is 3.32. The number of halogens is 2. The number of hydrogen-bond donors (Lipinski definition) is 0. The third kappa shape index (κ3) is 2.20. The molecule has 0 radical (unpaired) electrons. The molecule has 0 amide bonds. The monoisotopic (exact) mass is 249 g/mol. The van der Waals surface area contributed by atoms with E-state index in [0.29, 0.717) is 11.8 Å². The van der Waals surface area contributed by atoms with E-state index < -0.39 is 11.8 Å². The summed E-state index contributed by atoms with van der Waals surface area (Å²) in [4.78, 5) is 14.0. The molecule has 1 aromatic carbocycles. The molecule has 18 heavy (non-hydrogen) atoms. The Morgan fingerprint density at radius 1 is 1.28 bits per heavy atom. The average molecular weight is 249 g/mol. The second kappa shape index (κ2) is 4.91. The van der Waals surface area contributed by atoms with E-state index in [2.05, 4.69) is 4.98 Å². The summed E-state index contributed by atoms with van der Waals surface area (Å²) >= 11 is 0. The molecule has 5 heteroatoms. The van der Waals surface area contributed by atoms with Crippen molar-refractivity contribution in [2.45, 2.75) is 0 Å². The molecule has 0 saturated carbocycles. The minimum absolute atomic E-state index is 0.0636. The fourth-order valence-electron chi connectivity index (χ4n) is 1.56. The fraction of sp³-hybridized carbons (Fsp3) is 0.0769. The molecule has 0 fully saturated rings. The number of hydrogen-bond acceptors (Lipinski definition) is 3. The fourth-order valence-corrected chi connectivity index (χ4v) is 1.56. The Hall–Kier alpha value is -2.30. The van der Waals surface area contributed by atoms with Crippen LogP contribution in [0.25, 0.3) is 11.1 Å². The number of nitrogens with zero attached hydrogens (tertiary/aromatic N) is 1. The molecule has 0 atom stereocenters. The molecule has 0 saturated heterocycles. The maximum absolute atomic E-state index is 13.7. The highest BCUT2D eigenvalue weighted by molar-refractivity contribution is 5.77. The van der Waals surface area contributed by atoms with Crippen LogP contribution in [0.2, 0.25) is 0 Å². The smallest absolute Gasteiger partial charge is 0.255 e. The zero-order valence-electron chi connectivity index (χ0n) is 9.48. The van der Waals surface area contributed by atoms with Gasteiger partial charge in [-0.3, -0.25) is 4.79 Å². The Balaban J connectivity index is 2.51. The van der Waals surface area contributed by atoms with Gasteiger partial charge in [-0.1, -0.05) is 12.1 Å². The molecule has 0 spiro atoms. The molecule has 0 N–H and O–H groups in total. The lowest BCUT2D eigenvalue weighted by Gasteiger charge is -2.06. The van der Waals surface area contributed by atoms with Crippen LogP contribution in [0.1, 0.15) is 10.4 Å². The highest BCUT2D eigenvalue weighted by atomic mass is 19.1. The number of carbonyl (C=O) groups is 1. The van der Waals surface area contributed by atoms with Crippen LogP contribution in [0, 0.1) is 11.8 Å². The average Bonchev–Trinajstić information content (AvgIpc) is 2.39. The molecule has 0 unspecified atom stereocenters. The van der Waals surface area contributed by atoms with Crippen LogP contribution in [0.3, 0.4) is 0 Å². The largest absolute Gasteiger partial charge is 0.492 e. The summed E-state index contributed by atoms with van der Waals surface area (Å²) in [5.41, 5.74) is 0.841. The standard InChI is InChI=1S/C13H9F2NO2/c1-18-12-5-9(6-16-13(12)15)10-3-2-8(7-17)4-11(10)14/h2-7H,1H3. The van der Waals surface area contributed by atoms with Crippen molar-refractivity contribution < 1.29 is 18.3 Å². The maximum Gasteiger partial charge on any atom is 0.255 e. The van der Waals surface area contributed by atoms with Gasteiger partial charge in [0.15, 0.2) is 5.75 Å². The van der Waals surface area contributed by atoms with Gasteiger partial charge in [-0.05, 0) is 12.1 Å². The van der Waals surface area contributed by atoms with Crippen molar-refractivity contribution in [2.75, 3.05) is 7.11 Å². The van der Waals surface area contributed by atoms with Crippen LogP contribution in [0.4, 0.5) is 8.78 Å². The van der Waals surface area contributed by atoms with Gasteiger partial charge >= 0.3 is 0 Å². The summed E-state index contributed by atoms with van der Waals surface area (Å²) < 4.78 is 31.6. The molecular weight excluding hydrogens is 240 g/mol. The first-order chi connectivity index (χ1) is 8.65. The minimum atomic E-state index is -0.758. The molecular formula is C13H9F2NO2. The lowest BCUT2D eigenvalue weighted by atomic mass is 10.1. The molecule has 3 nitrogen and oxygen atoms in total. The van der Waals surface area contributed by atoms with Crippen molar-refractivity contribution >= 4 is 6.29 Å². The van der Waals surface area contributed by atoms with Crippen LogP contribution >= 0.6 is 0 Å². The van der Waals surface area contributed by atoms with Crippen LogP contribution in [0.15, 0.2) is 30.5 Å². The number of aldehydes is 1. The van der Waals surface area contributed by atoms with E-state index in [9.17, 15) is 13.6 Å². The van der Waals surface area contributed by atoms with Crippen LogP contribution < -0.4 is 4.74 Å². The predicted molar refractivity (Wildman–Crippen MR) is 61.5 cm³/mol. The van der Waals surface area contributed by atoms with E-state index >= 15 is 0 Å². The van der Waals surface area contributed by atoms with E-state index in [4.69, 9.17) is 4.74 Å². The molecule has 0 aliphatic heterocycles. The topological polar surface area (TPSA) is 39.2 Å². The van der Waals surface area contributed by atoms with Gasteiger partial charge in [-0.15, -0.1) is 0 Å². The number of pyridine rings is 1. The highest BCUT2D eigenvalue weighted by Gasteiger charge is 2.10. The van der Waals surface area contributed by atoms with Gasteiger partial charge in [-0.2, -0.15) is 4.39 Å². The van der Waals surface area contributed by atoms with Crippen LogP contribution in [-0.4, -0.2) is 18.4 Å². The molecule has 0 aliphatic rings. The first-order valence-corrected chi connectivity index (χ1v) is 5.10. The zero-order valence-corrected chi connectivity index (χ0v) is 9.48. The predicted octanol–water partition coefficient (Wildman–Crippen LogP) is 2.85. The van der Waals surface area contributed by atoms with Gasteiger partial charge in [-0.25, -0.2) is 9.37 Å². The SMILES string of the molecule is COc1cc(-c2ccc(C=O)cc2F)cnc1F. The van der Waals surface area contributed by atoms with Gasteiger partial charge in [0.05, 0.1) is 7.11 Å². The Bertz CT molecular complexity index is 600. The van der Waals surface area contributed by atoms with Gasteiger partial charge in [0.2, 0.25) is 0 Å². The number of carbonyl (C=O) groups excluding carboxylic acids is 1. The molecule has 2 aromatic rings. The van der Waals surface area contributed by atoms with Crippen molar-refractivity contribution in [3.8, 4) is 16.9 Å². The summed E-state index contributed by atoms with van der Waals surface area (Å²) in [7, 11) is 1.30. The van der Waals surface area contributed by atoms with Crippen molar-refractivity contribution in [2.24, 2.45) is 0 Å². The minimum Gasteiger partial charge on any atom is -0.492 e. The molecule has 0 aliphatic carbocycles. The van der Waals surface area contributed by atoms with Crippen LogP contribution in [0.5, 0.6) is 5.75 Å². The summed E-state index contributed by atoms with van der Waals surface area (Å²) in [6.07, 6.45) is 1.76. The zero-order chi connectivity index (χ0) is 13.1. The number of ether oxygens (including phenoxy) is 1. The van der Waals surface area contributed by atoms with Crippen molar-refractivity contribution in [1.29, 1.82) is 0 Å². The summed E-state index contributed by atoms with van der Waals surface area (Å²) in [6, 6.07) is 5.37. The molecule has 92 valence electrons. The second-order valence-corrected chi connectivity index (χ2v) is 3.57. The van der Waals surface area contributed by atoms with E-state index in [1.165, 1.54) is 31.5 Å². The molecule has 1 aromatic heterocycles. The molecule has 1 heterocycles. The molecule has 2 rings (SSSR count). The third-order valence-corrected chi connectivity index (χ3v) is 2.47. The van der Waals surface area contributed by atoms with E-state index in [1.807, 2.05) is 0 Å². The quantitative estimate of drug-likeness (QED) is 0.620. The first kappa shape index (κ1) is 12.2. The Morgan fingerprint density at radius 3 is 2.67 bits per heavy atom.